The normalized spacial score (nSPS) is 11.8. The SMILES string of the molecule is CCNC(=O)C(C)Oc1c(CNC)cc(Cl)cc1OC. The monoisotopic (exact) mass is 300 g/mol. The summed E-state index contributed by atoms with van der Waals surface area (Å²) in [5.74, 6) is 0.879. The van der Waals surface area contributed by atoms with Gasteiger partial charge in [0.25, 0.3) is 5.91 Å². The fourth-order valence-corrected chi connectivity index (χ4v) is 2.01. The Morgan fingerprint density at radius 3 is 2.70 bits per heavy atom. The number of benzene rings is 1. The van der Waals surface area contributed by atoms with Gasteiger partial charge in [0.05, 0.1) is 7.11 Å². The van der Waals surface area contributed by atoms with E-state index in [9.17, 15) is 4.79 Å². The number of likely N-dealkylation sites (N-methyl/N-ethyl adjacent to an activating group) is 1. The minimum atomic E-state index is -0.611. The summed E-state index contributed by atoms with van der Waals surface area (Å²) in [6.07, 6.45) is -0.611. The molecule has 0 radical (unpaired) electrons. The lowest BCUT2D eigenvalue weighted by molar-refractivity contribution is -0.127. The summed E-state index contributed by atoms with van der Waals surface area (Å²) in [7, 11) is 3.36. The molecule has 0 aromatic heterocycles. The van der Waals surface area contributed by atoms with Crippen molar-refractivity contribution >= 4 is 17.5 Å². The van der Waals surface area contributed by atoms with Crippen LogP contribution in [0.3, 0.4) is 0 Å². The van der Waals surface area contributed by atoms with Crippen LogP contribution >= 0.6 is 11.6 Å². The van der Waals surface area contributed by atoms with E-state index in [0.717, 1.165) is 5.56 Å². The van der Waals surface area contributed by atoms with Crippen LogP contribution in [-0.2, 0) is 11.3 Å². The molecule has 1 amide bonds. The number of hydrogen-bond donors (Lipinski definition) is 2. The van der Waals surface area contributed by atoms with Crippen molar-refractivity contribution in [3.8, 4) is 11.5 Å². The molecule has 112 valence electrons. The van der Waals surface area contributed by atoms with Gasteiger partial charge in [0, 0.05) is 29.7 Å². The summed E-state index contributed by atoms with van der Waals surface area (Å²) in [5, 5.41) is 6.32. The van der Waals surface area contributed by atoms with Crippen LogP contribution in [0.4, 0.5) is 0 Å². The molecule has 1 rings (SSSR count). The third kappa shape index (κ3) is 4.28. The Bertz CT molecular complexity index is 466. The van der Waals surface area contributed by atoms with Crippen LogP contribution in [0.2, 0.25) is 5.02 Å². The molecule has 6 heteroatoms. The summed E-state index contributed by atoms with van der Waals surface area (Å²) >= 11 is 6.04. The fraction of sp³-hybridized carbons (Fsp3) is 0.500. The Kier molecular flexibility index (Phi) is 6.61. The molecule has 5 nitrogen and oxygen atoms in total. The highest BCUT2D eigenvalue weighted by molar-refractivity contribution is 6.30. The van der Waals surface area contributed by atoms with Gasteiger partial charge in [-0.3, -0.25) is 4.79 Å². The lowest BCUT2D eigenvalue weighted by Crippen LogP contribution is -2.36. The van der Waals surface area contributed by atoms with E-state index in [1.807, 2.05) is 14.0 Å². The molecule has 1 atom stereocenters. The summed E-state index contributed by atoms with van der Waals surface area (Å²) in [6, 6.07) is 3.46. The van der Waals surface area contributed by atoms with Crippen molar-refractivity contribution in [3.05, 3.63) is 22.7 Å². The molecule has 0 saturated heterocycles. The second-order valence-corrected chi connectivity index (χ2v) is 4.72. The van der Waals surface area contributed by atoms with E-state index in [0.29, 0.717) is 29.6 Å². The van der Waals surface area contributed by atoms with E-state index in [2.05, 4.69) is 10.6 Å². The van der Waals surface area contributed by atoms with E-state index >= 15 is 0 Å². The van der Waals surface area contributed by atoms with Crippen LogP contribution < -0.4 is 20.1 Å². The molecule has 0 saturated carbocycles. The molecule has 0 aliphatic rings. The largest absolute Gasteiger partial charge is 0.493 e. The Balaban J connectivity index is 3.04. The van der Waals surface area contributed by atoms with Crippen LogP contribution in [-0.4, -0.2) is 32.7 Å². The van der Waals surface area contributed by atoms with E-state index in [-0.39, 0.29) is 5.91 Å². The first-order valence-electron chi connectivity index (χ1n) is 6.48. The second kappa shape index (κ2) is 7.97. The number of ether oxygens (including phenoxy) is 2. The first kappa shape index (κ1) is 16.6. The summed E-state index contributed by atoms with van der Waals surface area (Å²) in [4.78, 5) is 11.8. The van der Waals surface area contributed by atoms with Crippen LogP contribution in [0.25, 0.3) is 0 Å². The highest BCUT2D eigenvalue weighted by Crippen LogP contribution is 2.35. The van der Waals surface area contributed by atoms with Crippen molar-refractivity contribution in [1.82, 2.24) is 10.6 Å². The number of nitrogens with one attached hydrogen (secondary N) is 2. The van der Waals surface area contributed by atoms with Gasteiger partial charge in [-0.2, -0.15) is 0 Å². The van der Waals surface area contributed by atoms with Crippen molar-refractivity contribution in [1.29, 1.82) is 0 Å². The fourth-order valence-electron chi connectivity index (χ4n) is 1.78. The standard InChI is InChI=1S/C14H21ClN2O3/c1-5-17-14(18)9(2)20-13-10(8-16-3)6-11(15)7-12(13)19-4/h6-7,9,16H,5,8H2,1-4H3,(H,17,18). The molecule has 0 heterocycles. The van der Waals surface area contributed by atoms with E-state index in [1.165, 1.54) is 0 Å². The zero-order valence-electron chi connectivity index (χ0n) is 12.2. The molecule has 1 aromatic rings. The number of carbonyl (C=O) groups excluding carboxylic acids is 1. The first-order valence-corrected chi connectivity index (χ1v) is 6.86. The summed E-state index contributed by atoms with van der Waals surface area (Å²) in [6.45, 7) is 4.68. The molecule has 0 aliphatic carbocycles. The number of methoxy groups -OCH3 is 1. The maximum Gasteiger partial charge on any atom is 0.260 e. The zero-order valence-corrected chi connectivity index (χ0v) is 13.0. The molecule has 0 aliphatic heterocycles. The van der Waals surface area contributed by atoms with Crippen molar-refractivity contribution in [2.45, 2.75) is 26.5 Å². The van der Waals surface area contributed by atoms with Crippen LogP contribution in [0.1, 0.15) is 19.4 Å². The Morgan fingerprint density at radius 1 is 1.45 bits per heavy atom. The van der Waals surface area contributed by atoms with Crippen molar-refractivity contribution in [2.24, 2.45) is 0 Å². The molecule has 2 N–H and O–H groups in total. The third-order valence-corrected chi connectivity index (χ3v) is 2.92. The summed E-state index contributed by atoms with van der Waals surface area (Å²) < 4.78 is 11.0. The van der Waals surface area contributed by atoms with Crippen molar-refractivity contribution in [3.63, 3.8) is 0 Å². The van der Waals surface area contributed by atoms with Gasteiger partial charge in [-0.25, -0.2) is 0 Å². The molecule has 20 heavy (non-hydrogen) atoms. The van der Waals surface area contributed by atoms with E-state index < -0.39 is 6.10 Å². The predicted octanol–water partition coefficient (Wildman–Crippen LogP) is 1.97. The van der Waals surface area contributed by atoms with Crippen LogP contribution in [0.5, 0.6) is 11.5 Å². The Hall–Kier alpha value is -1.46. The minimum absolute atomic E-state index is 0.167. The molecule has 0 bridgehead atoms. The zero-order chi connectivity index (χ0) is 15.1. The van der Waals surface area contributed by atoms with Gasteiger partial charge in [0.1, 0.15) is 0 Å². The van der Waals surface area contributed by atoms with Gasteiger partial charge < -0.3 is 20.1 Å². The van der Waals surface area contributed by atoms with Crippen molar-refractivity contribution < 1.29 is 14.3 Å². The van der Waals surface area contributed by atoms with E-state index in [4.69, 9.17) is 21.1 Å². The smallest absolute Gasteiger partial charge is 0.260 e. The van der Waals surface area contributed by atoms with Crippen molar-refractivity contribution in [2.75, 3.05) is 20.7 Å². The Labute approximate surface area is 124 Å². The van der Waals surface area contributed by atoms with Gasteiger partial charge >= 0.3 is 0 Å². The summed E-state index contributed by atoms with van der Waals surface area (Å²) in [5.41, 5.74) is 0.841. The minimum Gasteiger partial charge on any atom is -0.493 e. The van der Waals surface area contributed by atoms with Crippen LogP contribution in [0.15, 0.2) is 12.1 Å². The van der Waals surface area contributed by atoms with Gasteiger partial charge in [0.2, 0.25) is 0 Å². The van der Waals surface area contributed by atoms with Gasteiger partial charge in [-0.1, -0.05) is 11.6 Å². The molecular weight excluding hydrogens is 280 g/mol. The van der Waals surface area contributed by atoms with Gasteiger partial charge in [0.15, 0.2) is 17.6 Å². The number of halogens is 1. The lowest BCUT2D eigenvalue weighted by atomic mass is 10.1. The number of carbonyl (C=O) groups is 1. The molecule has 1 unspecified atom stereocenters. The highest BCUT2D eigenvalue weighted by Gasteiger charge is 2.19. The molecular formula is C14H21ClN2O3. The number of hydrogen-bond acceptors (Lipinski definition) is 4. The predicted molar refractivity (Wildman–Crippen MR) is 79.5 cm³/mol. The topological polar surface area (TPSA) is 59.6 Å². The average molecular weight is 301 g/mol. The first-order chi connectivity index (χ1) is 9.53. The lowest BCUT2D eigenvalue weighted by Gasteiger charge is -2.19. The maximum absolute atomic E-state index is 11.8. The quantitative estimate of drug-likeness (QED) is 0.808. The average Bonchev–Trinajstić information content (AvgIpc) is 2.41. The van der Waals surface area contributed by atoms with Gasteiger partial charge in [-0.15, -0.1) is 0 Å². The maximum atomic E-state index is 11.8. The number of amides is 1. The second-order valence-electron chi connectivity index (χ2n) is 4.28. The molecule has 0 fully saturated rings. The Morgan fingerprint density at radius 2 is 2.15 bits per heavy atom. The third-order valence-electron chi connectivity index (χ3n) is 2.70. The number of rotatable bonds is 7. The molecule has 1 aromatic carbocycles. The van der Waals surface area contributed by atoms with E-state index in [1.54, 1.807) is 26.2 Å². The highest BCUT2D eigenvalue weighted by atomic mass is 35.5. The molecule has 0 spiro atoms. The van der Waals surface area contributed by atoms with Crippen LogP contribution in [0, 0.1) is 0 Å². The van der Waals surface area contributed by atoms with Gasteiger partial charge in [-0.05, 0) is 27.0 Å².